The molecule has 0 bridgehead atoms. The molecule has 6 heteroatoms. The molecule has 0 saturated heterocycles. The van der Waals surface area contributed by atoms with Crippen LogP contribution in [0.4, 0.5) is 0 Å². The highest BCUT2D eigenvalue weighted by Gasteiger charge is 2.19. The lowest BCUT2D eigenvalue weighted by molar-refractivity contribution is -0.140. The summed E-state index contributed by atoms with van der Waals surface area (Å²) in [4.78, 5) is 11.5. The van der Waals surface area contributed by atoms with E-state index < -0.39 is 16.8 Å². The van der Waals surface area contributed by atoms with Crippen LogP contribution in [-0.4, -0.2) is 22.5 Å². The van der Waals surface area contributed by atoms with Gasteiger partial charge in [0.2, 0.25) is 0 Å². The Morgan fingerprint density at radius 1 is 1.47 bits per heavy atom. The number of esters is 1. The van der Waals surface area contributed by atoms with Gasteiger partial charge in [-0.05, 0) is 25.1 Å². The van der Waals surface area contributed by atoms with Crippen molar-refractivity contribution in [2.24, 2.45) is 0 Å². The van der Waals surface area contributed by atoms with Crippen LogP contribution < -0.4 is 0 Å². The summed E-state index contributed by atoms with van der Waals surface area (Å²) in [5.41, 5.74) is 0. The van der Waals surface area contributed by atoms with E-state index in [-0.39, 0.29) is 11.7 Å². The molecule has 2 atom stereocenters. The van der Waals surface area contributed by atoms with Crippen LogP contribution >= 0.6 is 23.2 Å². The molecule has 3 nitrogen and oxygen atoms in total. The fraction of sp³-hybridized carbons (Fsp3) is 0.364. The Hall–Kier alpha value is -0.580. The van der Waals surface area contributed by atoms with Gasteiger partial charge >= 0.3 is 5.97 Å². The Bertz CT molecular complexity index is 448. The highest BCUT2D eigenvalue weighted by atomic mass is 35.5. The van der Waals surface area contributed by atoms with Gasteiger partial charge in [0, 0.05) is 10.3 Å². The second-order valence-electron chi connectivity index (χ2n) is 3.46. The van der Waals surface area contributed by atoms with E-state index in [1.165, 1.54) is 7.11 Å². The summed E-state index contributed by atoms with van der Waals surface area (Å²) in [5, 5.41) is 0.464. The maximum Gasteiger partial charge on any atom is 0.306 e. The van der Waals surface area contributed by atoms with Crippen molar-refractivity contribution in [1.29, 1.82) is 0 Å². The van der Waals surface area contributed by atoms with Gasteiger partial charge in [-0.25, -0.2) is 0 Å². The minimum Gasteiger partial charge on any atom is -0.469 e. The van der Waals surface area contributed by atoms with Crippen LogP contribution in [0.1, 0.15) is 13.3 Å². The van der Waals surface area contributed by atoms with Gasteiger partial charge in [0.05, 0.1) is 34.2 Å². The predicted octanol–water partition coefficient (Wildman–Crippen LogP) is 3.05. The Kier molecular flexibility index (Phi) is 5.43. The Morgan fingerprint density at radius 2 is 2.12 bits per heavy atom. The van der Waals surface area contributed by atoms with Crippen molar-refractivity contribution in [3.63, 3.8) is 0 Å². The largest absolute Gasteiger partial charge is 0.469 e. The zero-order valence-electron chi connectivity index (χ0n) is 9.41. The molecular formula is C11H12Cl2O3S. The van der Waals surface area contributed by atoms with Crippen molar-refractivity contribution in [2.75, 3.05) is 7.11 Å². The summed E-state index contributed by atoms with van der Waals surface area (Å²) >= 11 is 11.8. The van der Waals surface area contributed by atoms with Crippen LogP contribution in [0.15, 0.2) is 23.1 Å². The van der Waals surface area contributed by atoms with Crippen LogP contribution in [0, 0.1) is 0 Å². The van der Waals surface area contributed by atoms with Gasteiger partial charge in [0.15, 0.2) is 0 Å². The molecule has 0 saturated carbocycles. The first kappa shape index (κ1) is 14.5. The summed E-state index contributed by atoms with van der Waals surface area (Å²) in [5.74, 6) is -0.399. The third-order valence-corrected chi connectivity index (χ3v) is 4.50. The molecule has 0 fully saturated rings. The summed E-state index contributed by atoms with van der Waals surface area (Å²) in [7, 11) is -0.0934. The smallest absolute Gasteiger partial charge is 0.306 e. The van der Waals surface area contributed by atoms with E-state index in [2.05, 4.69) is 4.74 Å². The third-order valence-electron chi connectivity index (χ3n) is 2.16. The molecule has 0 aromatic heterocycles. The Balaban J connectivity index is 2.88. The number of ether oxygens (including phenoxy) is 1. The average molecular weight is 295 g/mol. The van der Waals surface area contributed by atoms with Crippen LogP contribution in [-0.2, 0) is 20.3 Å². The molecule has 17 heavy (non-hydrogen) atoms. The summed E-state index contributed by atoms with van der Waals surface area (Å²) < 4.78 is 16.7. The first-order valence-electron chi connectivity index (χ1n) is 4.88. The average Bonchev–Trinajstić information content (AvgIpc) is 2.31. The number of halogens is 2. The molecule has 1 aromatic rings. The number of benzene rings is 1. The quantitative estimate of drug-likeness (QED) is 0.802. The van der Waals surface area contributed by atoms with E-state index in [1.807, 2.05) is 0 Å². The Labute approximate surface area is 113 Å². The molecule has 0 amide bonds. The first-order chi connectivity index (χ1) is 7.95. The van der Waals surface area contributed by atoms with Crippen LogP contribution in [0.25, 0.3) is 0 Å². The monoisotopic (exact) mass is 294 g/mol. The molecule has 0 heterocycles. The van der Waals surface area contributed by atoms with E-state index in [9.17, 15) is 9.00 Å². The normalized spacial score (nSPS) is 14.1. The van der Waals surface area contributed by atoms with E-state index in [0.29, 0.717) is 14.9 Å². The van der Waals surface area contributed by atoms with Crippen molar-refractivity contribution in [3.05, 3.63) is 28.2 Å². The second-order valence-corrected chi connectivity index (χ2v) is 6.15. The summed E-state index contributed by atoms with van der Waals surface area (Å²) in [6.07, 6.45) is 0.0754. The Morgan fingerprint density at radius 3 is 2.71 bits per heavy atom. The molecule has 0 N–H and O–H groups in total. The molecule has 1 rings (SSSR count). The topological polar surface area (TPSA) is 43.4 Å². The molecule has 0 radical (unpaired) electrons. The molecule has 2 unspecified atom stereocenters. The molecule has 0 aliphatic heterocycles. The molecule has 0 spiro atoms. The van der Waals surface area contributed by atoms with Crippen LogP contribution in [0.2, 0.25) is 10.0 Å². The van der Waals surface area contributed by atoms with Gasteiger partial charge in [0.25, 0.3) is 0 Å². The molecule has 0 aliphatic rings. The fourth-order valence-corrected chi connectivity index (χ4v) is 3.05. The van der Waals surface area contributed by atoms with E-state index in [0.717, 1.165) is 0 Å². The molecule has 94 valence electrons. The molecule has 1 aromatic carbocycles. The first-order valence-corrected chi connectivity index (χ1v) is 6.85. The summed E-state index contributed by atoms with van der Waals surface area (Å²) in [6.45, 7) is 1.70. The van der Waals surface area contributed by atoms with Gasteiger partial charge < -0.3 is 4.74 Å². The highest BCUT2D eigenvalue weighted by Crippen LogP contribution is 2.26. The van der Waals surface area contributed by atoms with Gasteiger partial charge in [-0.2, -0.15) is 0 Å². The third kappa shape index (κ3) is 3.98. The lowest BCUT2D eigenvalue weighted by atomic mass is 10.3. The minimum absolute atomic E-state index is 0.0754. The van der Waals surface area contributed by atoms with Crippen LogP contribution in [0.3, 0.4) is 0 Å². The minimum atomic E-state index is -1.39. The van der Waals surface area contributed by atoms with Crippen molar-refractivity contribution < 1.29 is 13.7 Å². The second kappa shape index (κ2) is 6.38. The maximum atomic E-state index is 12.1. The standard InChI is InChI=1S/C11H12Cl2O3S/c1-7(5-11(14)16-2)17(15)10-6-8(12)3-4-9(10)13/h3-4,6-7H,5H2,1-2H3. The van der Waals surface area contributed by atoms with Crippen LogP contribution in [0.5, 0.6) is 0 Å². The van der Waals surface area contributed by atoms with E-state index in [1.54, 1.807) is 25.1 Å². The SMILES string of the molecule is COC(=O)CC(C)S(=O)c1cc(Cl)ccc1Cl. The number of carbonyl (C=O) groups excluding carboxylic acids is 1. The van der Waals surface area contributed by atoms with Gasteiger partial charge in [-0.3, -0.25) is 9.00 Å². The van der Waals surface area contributed by atoms with Gasteiger partial charge in [-0.1, -0.05) is 23.2 Å². The maximum absolute atomic E-state index is 12.1. The van der Waals surface area contributed by atoms with Crippen molar-refractivity contribution in [2.45, 2.75) is 23.5 Å². The van der Waals surface area contributed by atoms with Crippen molar-refractivity contribution in [3.8, 4) is 0 Å². The zero-order chi connectivity index (χ0) is 13.0. The van der Waals surface area contributed by atoms with Crippen molar-refractivity contribution in [1.82, 2.24) is 0 Å². The lowest BCUT2D eigenvalue weighted by Gasteiger charge is -2.11. The van der Waals surface area contributed by atoms with E-state index >= 15 is 0 Å². The van der Waals surface area contributed by atoms with Crippen molar-refractivity contribution >= 4 is 40.0 Å². The number of methoxy groups -OCH3 is 1. The molecule has 0 aliphatic carbocycles. The molecular weight excluding hydrogens is 283 g/mol. The predicted molar refractivity (Wildman–Crippen MR) is 69.0 cm³/mol. The number of hydrogen-bond acceptors (Lipinski definition) is 3. The summed E-state index contributed by atoms with van der Waals surface area (Å²) in [6, 6.07) is 4.76. The van der Waals surface area contributed by atoms with Gasteiger partial charge in [-0.15, -0.1) is 0 Å². The number of carbonyl (C=O) groups is 1. The zero-order valence-corrected chi connectivity index (χ0v) is 11.7. The lowest BCUT2D eigenvalue weighted by Crippen LogP contribution is -2.17. The number of hydrogen-bond donors (Lipinski definition) is 0. The number of rotatable bonds is 4. The fourth-order valence-electron chi connectivity index (χ4n) is 1.24. The van der Waals surface area contributed by atoms with Gasteiger partial charge in [0.1, 0.15) is 0 Å². The highest BCUT2D eigenvalue weighted by molar-refractivity contribution is 7.85. The van der Waals surface area contributed by atoms with E-state index in [4.69, 9.17) is 23.2 Å².